The highest BCUT2D eigenvalue weighted by Gasteiger charge is 2.16. The number of likely N-dealkylation sites (N-methyl/N-ethyl adjacent to an activating group) is 1. The van der Waals surface area contributed by atoms with Crippen LogP contribution in [-0.2, 0) is 9.53 Å². The van der Waals surface area contributed by atoms with Gasteiger partial charge in [-0.05, 0) is 24.5 Å². The van der Waals surface area contributed by atoms with Crippen molar-refractivity contribution in [2.75, 3.05) is 20.2 Å². The fraction of sp³-hybridized carbons (Fsp3) is 0.444. The molecule has 5 nitrogen and oxygen atoms in total. The smallest absolute Gasteiger partial charge is 0.325 e. The van der Waals surface area contributed by atoms with Crippen LogP contribution in [0.3, 0.4) is 0 Å². The molecule has 6 heteroatoms. The summed E-state index contributed by atoms with van der Waals surface area (Å²) in [4.78, 5) is 24.6. The molecule has 0 aliphatic carbocycles. The highest BCUT2D eigenvalue weighted by atomic mass is 32.1. The Labute approximate surface area is 91.8 Å². The third-order valence-electron chi connectivity index (χ3n) is 1.67. The Hall–Kier alpha value is -1.43. The summed E-state index contributed by atoms with van der Waals surface area (Å²) in [6.07, 6.45) is 1.55. The Bertz CT molecular complexity index is 337. The van der Waals surface area contributed by atoms with Crippen molar-refractivity contribution >= 4 is 23.4 Å². The summed E-state index contributed by atoms with van der Waals surface area (Å²) in [5, 5.41) is 0. The van der Waals surface area contributed by atoms with E-state index in [0.717, 1.165) is 11.5 Å². The molecule has 1 aromatic rings. The highest BCUT2D eigenvalue weighted by molar-refractivity contribution is 7.08. The molecular formula is C9H12N2O3S. The second-order valence-electron chi connectivity index (χ2n) is 2.84. The summed E-state index contributed by atoms with van der Waals surface area (Å²) in [6, 6.07) is 1.62. The van der Waals surface area contributed by atoms with Crippen LogP contribution in [-0.4, -0.2) is 41.3 Å². The maximum Gasteiger partial charge on any atom is 0.325 e. The molecule has 1 amide bonds. The topological polar surface area (TPSA) is 59.5 Å². The van der Waals surface area contributed by atoms with Gasteiger partial charge in [-0.15, -0.1) is 0 Å². The lowest BCUT2D eigenvalue weighted by Gasteiger charge is -2.14. The van der Waals surface area contributed by atoms with E-state index in [1.807, 2.05) is 0 Å². The maximum absolute atomic E-state index is 11.6. The number of nitrogens with zero attached hydrogens (tertiary/aromatic N) is 2. The summed E-state index contributed by atoms with van der Waals surface area (Å²) in [6.45, 7) is 2.01. The predicted molar refractivity (Wildman–Crippen MR) is 55.7 cm³/mol. The third-order valence-corrected chi connectivity index (χ3v) is 2.40. The summed E-state index contributed by atoms with van der Waals surface area (Å²) in [7, 11) is 1.55. The molecule has 0 spiro atoms. The molecule has 82 valence electrons. The summed E-state index contributed by atoms with van der Waals surface area (Å²) in [5.41, 5.74) is 0. The first-order valence-electron chi connectivity index (χ1n) is 4.47. The van der Waals surface area contributed by atoms with Crippen LogP contribution in [0.4, 0.5) is 0 Å². The van der Waals surface area contributed by atoms with Gasteiger partial charge >= 0.3 is 5.97 Å². The van der Waals surface area contributed by atoms with Crippen LogP contribution in [0.2, 0.25) is 0 Å². The van der Waals surface area contributed by atoms with Crippen LogP contribution in [0.15, 0.2) is 12.3 Å². The van der Waals surface area contributed by atoms with Gasteiger partial charge < -0.3 is 9.64 Å². The monoisotopic (exact) mass is 228 g/mol. The lowest BCUT2D eigenvalue weighted by atomic mass is 10.4. The van der Waals surface area contributed by atoms with Crippen molar-refractivity contribution < 1.29 is 14.3 Å². The predicted octanol–water partition coefficient (Wildman–Crippen LogP) is 0.778. The van der Waals surface area contributed by atoms with Crippen molar-refractivity contribution in [2.45, 2.75) is 6.92 Å². The number of esters is 1. The zero-order chi connectivity index (χ0) is 11.3. The van der Waals surface area contributed by atoms with E-state index in [1.54, 1.807) is 26.2 Å². The summed E-state index contributed by atoms with van der Waals surface area (Å²) in [5.74, 6) is -0.622. The maximum atomic E-state index is 11.6. The minimum atomic E-state index is -0.405. The van der Waals surface area contributed by atoms with Crippen molar-refractivity contribution in [1.29, 1.82) is 0 Å². The van der Waals surface area contributed by atoms with Gasteiger partial charge in [0.05, 0.1) is 6.61 Å². The largest absolute Gasteiger partial charge is 0.465 e. The van der Waals surface area contributed by atoms with E-state index in [4.69, 9.17) is 4.74 Å². The van der Waals surface area contributed by atoms with E-state index in [0.29, 0.717) is 11.5 Å². The van der Waals surface area contributed by atoms with E-state index < -0.39 is 5.97 Å². The number of rotatable bonds is 4. The quantitative estimate of drug-likeness (QED) is 0.714. The zero-order valence-electron chi connectivity index (χ0n) is 8.60. The van der Waals surface area contributed by atoms with Crippen molar-refractivity contribution in [2.24, 2.45) is 0 Å². The van der Waals surface area contributed by atoms with Crippen LogP contribution in [0.5, 0.6) is 0 Å². The van der Waals surface area contributed by atoms with Gasteiger partial charge in [0.15, 0.2) is 0 Å². The number of carbonyl (C=O) groups excluding carboxylic acids is 2. The van der Waals surface area contributed by atoms with E-state index in [9.17, 15) is 9.59 Å². The van der Waals surface area contributed by atoms with Crippen molar-refractivity contribution in [1.82, 2.24) is 9.27 Å². The second kappa shape index (κ2) is 5.45. The minimum Gasteiger partial charge on any atom is -0.465 e. The van der Waals surface area contributed by atoms with Crippen LogP contribution < -0.4 is 0 Å². The number of hydrogen-bond acceptors (Lipinski definition) is 5. The van der Waals surface area contributed by atoms with Crippen LogP contribution in [0, 0.1) is 0 Å². The fourth-order valence-electron chi connectivity index (χ4n) is 0.986. The van der Waals surface area contributed by atoms with Crippen molar-refractivity contribution in [3.05, 3.63) is 17.1 Å². The molecule has 0 unspecified atom stereocenters. The van der Waals surface area contributed by atoms with Gasteiger partial charge in [-0.3, -0.25) is 9.59 Å². The molecule has 0 N–H and O–H groups in total. The van der Waals surface area contributed by atoms with Gasteiger partial charge in [0.1, 0.15) is 11.4 Å². The number of amides is 1. The molecule has 0 aromatic carbocycles. The van der Waals surface area contributed by atoms with Crippen LogP contribution in [0.25, 0.3) is 0 Å². The van der Waals surface area contributed by atoms with E-state index in [-0.39, 0.29) is 12.5 Å². The lowest BCUT2D eigenvalue weighted by Crippen LogP contribution is -2.32. The Balaban J connectivity index is 2.51. The van der Waals surface area contributed by atoms with Gasteiger partial charge in [0.25, 0.3) is 5.91 Å². The first-order chi connectivity index (χ1) is 7.15. The Kier molecular flexibility index (Phi) is 4.23. The summed E-state index contributed by atoms with van der Waals surface area (Å²) >= 11 is 1.11. The molecule has 0 atom stereocenters. The first-order valence-corrected chi connectivity index (χ1v) is 5.24. The molecule has 0 fully saturated rings. The summed E-state index contributed by atoms with van der Waals surface area (Å²) < 4.78 is 8.55. The third kappa shape index (κ3) is 3.32. The van der Waals surface area contributed by atoms with Gasteiger partial charge in [0.2, 0.25) is 0 Å². The molecule has 1 rings (SSSR count). The standard InChI is InChI=1S/C9H12N2O3S/c1-3-14-8(12)6-11(2)9(13)7-4-5-10-15-7/h4-5H,3,6H2,1-2H3. The zero-order valence-corrected chi connectivity index (χ0v) is 9.41. The van der Waals surface area contributed by atoms with Gasteiger partial charge in [0, 0.05) is 13.2 Å². The van der Waals surface area contributed by atoms with Crippen molar-refractivity contribution in [3.8, 4) is 0 Å². The molecule has 0 aliphatic heterocycles. The second-order valence-corrected chi connectivity index (χ2v) is 3.68. The number of ether oxygens (including phenoxy) is 1. The molecule has 1 heterocycles. The number of carbonyl (C=O) groups is 2. The van der Waals surface area contributed by atoms with E-state index in [2.05, 4.69) is 4.37 Å². The molecule has 0 saturated carbocycles. The Morgan fingerprint density at radius 3 is 2.87 bits per heavy atom. The first kappa shape index (κ1) is 11.6. The lowest BCUT2D eigenvalue weighted by molar-refractivity contribution is -0.143. The molecular weight excluding hydrogens is 216 g/mol. The molecule has 0 saturated heterocycles. The minimum absolute atomic E-state index is 0.0371. The van der Waals surface area contributed by atoms with Crippen LogP contribution in [0.1, 0.15) is 16.6 Å². The SMILES string of the molecule is CCOC(=O)CN(C)C(=O)c1ccns1. The normalized spacial score (nSPS) is 9.73. The van der Waals surface area contributed by atoms with Gasteiger partial charge in [-0.25, -0.2) is 4.37 Å². The molecule has 0 bridgehead atoms. The number of aromatic nitrogens is 1. The Morgan fingerprint density at radius 2 is 2.33 bits per heavy atom. The van der Waals surface area contributed by atoms with Gasteiger partial charge in [-0.1, -0.05) is 0 Å². The van der Waals surface area contributed by atoms with Crippen molar-refractivity contribution in [3.63, 3.8) is 0 Å². The molecule has 0 aliphatic rings. The van der Waals surface area contributed by atoms with Crippen LogP contribution >= 0.6 is 11.5 Å². The fourth-order valence-corrected chi connectivity index (χ4v) is 1.58. The van der Waals surface area contributed by atoms with E-state index >= 15 is 0 Å². The average Bonchev–Trinajstić information content (AvgIpc) is 2.69. The van der Waals surface area contributed by atoms with E-state index in [1.165, 1.54) is 4.90 Å². The average molecular weight is 228 g/mol. The van der Waals surface area contributed by atoms with Gasteiger partial charge in [-0.2, -0.15) is 0 Å². The molecule has 1 aromatic heterocycles. The molecule has 0 radical (unpaired) electrons. The molecule has 15 heavy (non-hydrogen) atoms. The number of hydrogen-bond donors (Lipinski definition) is 0. The highest BCUT2D eigenvalue weighted by Crippen LogP contribution is 2.07. The Morgan fingerprint density at radius 1 is 1.60 bits per heavy atom.